The molecule has 0 N–H and O–H groups in total. The van der Waals surface area contributed by atoms with E-state index in [1.165, 1.54) is 0 Å². The molecule has 0 aromatic heterocycles. The van der Waals surface area contributed by atoms with Crippen molar-refractivity contribution in [2.45, 2.75) is 20.3 Å². The molecular formula is C7H13NO3S. The van der Waals surface area contributed by atoms with Crippen molar-refractivity contribution >= 4 is 17.9 Å². The molecule has 0 spiro atoms. The fraction of sp³-hybridized carbons (Fsp3) is 0.857. The van der Waals surface area contributed by atoms with Gasteiger partial charge in [0.15, 0.2) is 0 Å². The van der Waals surface area contributed by atoms with Crippen molar-refractivity contribution in [1.29, 1.82) is 0 Å². The molecule has 4 nitrogen and oxygen atoms in total. The summed E-state index contributed by atoms with van der Waals surface area (Å²) in [6.07, 6.45) is 0.817. The molecule has 0 fully saturated rings. The average molecular weight is 191 g/mol. The molecule has 12 heavy (non-hydrogen) atoms. The number of nitrogens with zero attached hydrogens (tertiary/aromatic N) is 1. The van der Waals surface area contributed by atoms with Crippen LogP contribution in [0.4, 0.5) is 0 Å². The van der Waals surface area contributed by atoms with E-state index < -0.39 is 0 Å². The summed E-state index contributed by atoms with van der Waals surface area (Å²) in [6, 6.07) is 0. The zero-order valence-electron chi connectivity index (χ0n) is 7.28. The standard InChI is InChI=1S/C7H13NO3S/c1-3-4-11-7(9)6(2)5-12-8-10/h6H,3-5H2,1-2H3. The van der Waals surface area contributed by atoms with Crippen LogP contribution < -0.4 is 0 Å². The number of nitroso groups, excluding NO2 is 1. The highest BCUT2D eigenvalue weighted by atomic mass is 32.2. The van der Waals surface area contributed by atoms with Crippen LogP contribution in [0.5, 0.6) is 0 Å². The van der Waals surface area contributed by atoms with Gasteiger partial charge in [-0.3, -0.25) is 4.79 Å². The van der Waals surface area contributed by atoms with Crippen LogP contribution >= 0.6 is 11.9 Å². The smallest absolute Gasteiger partial charge is 0.309 e. The van der Waals surface area contributed by atoms with E-state index in [4.69, 9.17) is 4.74 Å². The van der Waals surface area contributed by atoms with Gasteiger partial charge in [0.05, 0.1) is 12.5 Å². The first kappa shape index (κ1) is 11.4. The lowest BCUT2D eigenvalue weighted by molar-refractivity contribution is -0.147. The first-order valence-corrected chi connectivity index (χ1v) is 4.77. The van der Waals surface area contributed by atoms with E-state index in [9.17, 15) is 9.70 Å². The third-order valence-corrected chi connectivity index (χ3v) is 1.98. The fourth-order valence-electron chi connectivity index (χ4n) is 0.555. The molecule has 70 valence electrons. The highest BCUT2D eigenvalue weighted by molar-refractivity contribution is 7.97. The number of hydrogen-bond donors (Lipinski definition) is 0. The van der Waals surface area contributed by atoms with Crippen LogP contribution in [-0.4, -0.2) is 18.3 Å². The Balaban J connectivity index is 3.53. The lowest BCUT2D eigenvalue weighted by atomic mass is 10.2. The van der Waals surface area contributed by atoms with Crippen molar-refractivity contribution in [3.8, 4) is 0 Å². The van der Waals surface area contributed by atoms with E-state index in [2.05, 4.69) is 4.58 Å². The number of carbonyl (C=O) groups excluding carboxylic acids is 1. The Kier molecular flexibility index (Phi) is 6.75. The van der Waals surface area contributed by atoms with Gasteiger partial charge < -0.3 is 4.74 Å². The Hall–Kier alpha value is -0.580. The number of rotatable bonds is 6. The van der Waals surface area contributed by atoms with Crippen LogP contribution in [0.3, 0.4) is 0 Å². The van der Waals surface area contributed by atoms with E-state index >= 15 is 0 Å². The van der Waals surface area contributed by atoms with Gasteiger partial charge in [-0.25, -0.2) is 0 Å². The van der Waals surface area contributed by atoms with Crippen LogP contribution in [0.25, 0.3) is 0 Å². The number of hydrogen-bond acceptors (Lipinski definition) is 5. The molecule has 0 rings (SSSR count). The van der Waals surface area contributed by atoms with E-state index in [0.29, 0.717) is 12.4 Å². The minimum Gasteiger partial charge on any atom is -0.465 e. The Bertz CT molecular complexity index is 152. The van der Waals surface area contributed by atoms with E-state index in [1.807, 2.05) is 6.92 Å². The Labute approximate surface area is 76.2 Å². The Morgan fingerprint density at radius 1 is 1.67 bits per heavy atom. The fourth-order valence-corrected chi connectivity index (χ4v) is 0.976. The Morgan fingerprint density at radius 2 is 2.33 bits per heavy atom. The van der Waals surface area contributed by atoms with Gasteiger partial charge in [-0.15, -0.1) is 4.91 Å². The average Bonchev–Trinajstić information content (AvgIpc) is 2.10. The SMILES string of the molecule is CCCOC(=O)C(C)CSN=O. The predicted molar refractivity (Wildman–Crippen MR) is 48.7 cm³/mol. The summed E-state index contributed by atoms with van der Waals surface area (Å²) >= 11 is 0.847. The molecule has 0 saturated heterocycles. The van der Waals surface area contributed by atoms with Crippen molar-refractivity contribution < 1.29 is 9.53 Å². The second-order valence-corrected chi connectivity index (χ2v) is 3.18. The van der Waals surface area contributed by atoms with Crippen LogP contribution in [-0.2, 0) is 9.53 Å². The van der Waals surface area contributed by atoms with Gasteiger partial charge in [-0.05, 0) is 6.42 Å². The molecular weight excluding hydrogens is 178 g/mol. The van der Waals surface area contributed by atoms with Gasteiger partial charge in [-0.1, -0.05) is 13.8 Å². The van der Waals surface area contributed by atoms with Gasteiger partial charge in [0, 0.05) is 22.3 Å². The van der Waals surface area contributed by atoms with Gasteiger partial charge in [0.25, 0.3) is 0 Å². The van der Waals surface area contributed by atoms with Crippen LogP contribution in [0.15, 0.2) is 4.58 Å². The second kappa shape index (κ2) is 7.09. The monoisotopic (exact) mass is 191 g/mol. The molecule has 0 amide bonds. The van der Waals surface area contributed by atoms with Crippen molar-refractivity contribution in [2.24, 2.45) is 10.5 Å². The molecule has 0 radical (unpaired) electrons. The zero-order chi connectivity index (χ0) is 9.40. The lowest BCUT2D eigenvalue weighted by Crippen LogP contribution is -2.16. The third kappa shape index (κ3) is 5.12. The number of esters is 1. The van der Waals surface area contributed by atoms with E-state index in [0.717, 1.165) is 18.4 Å². The summed E-state index contributed by atoms with van der Waals surface area (Å²) in [7, 11) is 0. The van der Waals surface area contributed by atoms with E-state index in [-0.39, 0.29) is 11.9 Å². The molecule has 0 saturated carbocycles. The van der Waals surface area contributed by atoms with Gasteiger partial charge >= 0.3 is 5.97 Å². The maximum atomic E-state index is 11.0. The molecule has 0 heterocycles. The quantitative estimate of drug-likeness (QED) is 0.366. The first-order valence-electron chi connectivity index (χ1n) is 3.83. The summed E-state index contributed by atoms with van der Waals surface area (Å²) in [5.41, 5.74) is 0. The van der Waals surface area contributed by atoms with Crippen LogP contribution in [0.2, 0.25) is 0 Å². The minimum absolute atomic E-state index is 0.251. The topological polar surface area (TPSA) is 55.7 Å². The largest absolute Gasteiger partial charge is 0.465 e. The van der Waals surface area contributed by atoms with Crippen molar-refractivity contribution in [1.82, 2.24) is 0 Å². The van der Waals surface area contributed by atoms with Crippen molar-refractivity contribution in [2.75, 3.05) is 12.4 Å². The molecule has 0 aliphatic heterocycles. The van der Waals surface area contributed by atoms with E-state index in [1.54, 1.807) is 6.92 Å². The molecule has 1 atom stereocenters. The van der Waals surface area contributed by atoms with Crippen LogP contribution in [0, 0.1) is 10.8 Å². The molecule has 0 aromatic carbocycles. The molecule has 1 unspecified atom stereocenters. The molecule has 0 bridgehead atoms. The Morgan fingerprint density at radius 3 is 2.83 bits per heavy atom. The lowest BCUT2D eigenvalue weighted by Gasteiger charge is -2.07. The molecule has 0 aromatic rings. The van der Waals surface area contributed by atoms with Gasteiger partial charge in [0.2, 0.25) is 0 Å². The molecule has 0 aliphatic rings. The number of ether oxygens (including phenoxy) is 1. The molecule has 5 heteroatoms. The summed E-state index contributed by atoms with van der Waals surface area (Å²) in [5.74, 6) is -0.112. The minimum atomic E-state index is -0.256. The first-order chi connectivity index (χ1) is 5.72. The van der Waals surface area contributed by atoms with Gasteiger partial charge in [-0.2, -0.15) is 0 Å². The highest BCUT2D eigenvalue weighted by Crippen LogP contribution is 2.10. The second-order valence-electron chi connectivity index (χ2n) is 2.44. The maximum Gasteiger partial charge on any atom is 0.309 e. The maximum absolute atomic E-state index is 11.0. The number of carbonyl (C=O) groups is 1. The summed E-state index contributed by atoms with van der Waals surface area (Å²) < 4.78 is 7.45. The molecule has 0 aliphatic carbocycles. The third-order valence-electron chi connectivity index (χ3n) is 1.23. The predicted octanol–water partition coefficient (Wildman–Crippen LogP) is 1.99. The van der Waals surface area contributed by atoms with Crippen molar-refractivity contribution in [3.63, 3.8) is 0 Å². The zero-order valence-corrected chi connectivity index (χ0v) is 8.10. The summed E-state index contributed by atoms with van der Waals surface area (Å²) in [5, 5.41) is 0. The summed E-state index contributed by atoms with van der Waals surface area (Å²) in [6.45, 7) is 4.10. The van der Waals surface area contributed by atoms with Gasteiger partial charge in [0.1, 0.15) is 0 Å². The normalized spacial score (nSPS) is 12.2. The highest BCUT2D eigenvalue weighted by Gasteiger charge is 2.13. The van der Waals surface area contributed by atoms with Crippen LogP contribution in [0.1, 0.15) is 20.3 Å². The van der Waals surface area contributed by atoms with Crippen molar-refractivity contribution in [3.05, 3.63) is 4.91 Å². The summed E-state index contributed by atoms with van der Waals surface area (Å²) in [4.78, 5) is 20.7.